The number of hydrogen-bond acceptors (Lipinski definition) is 4. The summed E-state index contributed by atoms with van der Waals surface area (Å²) in [7, 11) is 0. The van der Waals surface area contributed by atoms with Crippen molar-refractivity contribution in [1.29, 1.82) is 0 Å². The highest BCUT2D eigenvalue weighted by atomic mass is 35.5. The number of nitrogen functional groups attached to an aromatic ring is 1. The number of rotatable bonds is 5. The Morgan fingerprint density at radius 2 is 1.74 bits per heavy atom. The second kappa shape index (κ2) is 7.59. The maximum atomic E-state index is 12.4. The highest BCUT2D eigenvalue weighted by Crippen LogP contribution is 2.31. The minimum Gasteiger partial charge on any atom is -0.396 e. The van der Waals surface area contributed by atoms with Gasteiger partial charge in [0.25, 0.3) is 5.91 Å². The average molecular weight is 370 g/mol. The molecule has 0 atom stereocenters. The molecule has 2 aromatic rings. The van der Waals surface area contributed by atoms with Crippen LogP contribution in [0, 0.1) is 0 Å². The van der Waals surface area contributed by atoms with Crippen molar-refractivity contribution < 1.29 is 9.59 Å². The van der Waals surface area contributed by atoms with Gasteiger partial charge in [0.15, 0.2) is 0 Å². The molecule has 120 valence electrons. The van der Waals surface area contributed by atoms with Crippen molar-refractivity contribution in [2.24, 2.45) is 5.73 Å². The van der Waals surface area contributed by atoms with E-state index in [1.165, 1.54) is 23.9 Å². The molecular formula is C15H13Cl2N3O2S. The Hall–Kier alpha value is -1.89. The fourth-order valence-electron chi connectivity index (χ4n) is 1.78. The standard InChI is InChI=1S/C15H13Cl2N3O2S/c16-10-5-8(6-11(17)14(10)19)20-15(22)9-3-1-2-4-12(9)23-7-13(18)21/h1-6H,7,19H2,(H2,18,21)(H,20,22). The van der Waals surface area contributed by atoms with Gasteiger partial charge in [-0.05, 0) is 24.3 Å². The topological polar surface area (TPSA) is 98.2 Å². The number of carbonyl (C=O) groups is 2. The Labute approximate surface area is 147 Å². The van der Waals surface area contributed by atoms with Crippen LogP contribution >= 0.6 is 35.0 Å². The van der Waals surface area contributed by atoms with Gasteiger partial charge in [0.2, 0.25) is 5.91 Å². The zero-order chi connectivity index (χ0) is 17.0. The minimum atomic E-state index is -0.456. The smallest absolute Gasteiger partial charge is 0.256 e. The quantitative estimate of drug-likeness (QED) is 0.555. The van der Waals surface area contributed by atoms with E-state index in [-0.39, 0.29) is 27.4 Å². The Kier molecular flexibility index (Phi) is 5.76. The van der Waals surface area contributed by atoms with Gasteiger partial charge in [-0.2, -0.15) is 0 Å². The van der Waals surface area contributed by atoms with Gasteiger partial charge in [-0.3, -0.25) is 9.59 Å². The predicted octanol–water partition coefficient (Wildman–Crippen LogP) is 3.41. The van der Waals surface area contributed by atoms with Gasteiger partial charge < -0.3 is 16.8 Å². The third-order valence-electron chi connectivity index (χ3n) is 2.84. The second-order valence-electron chi connectivity index (χ2n) is 4.56. The van der Waals surface area contributed by atoms with Gasteiger partial charge in [0, 0.05) is 10.6 Å². The molecular weight excluding hydrogens is 357 g/mol. The molecule has 23 heavy (non-hydrogen) atoms. The van der Waals surface area contributed by atoms with Crippen LogP contribution in [0.5, 0.6) is 0 Å². The van der Waals surface area contributed by atoms with Crippen molar-refractivity contribution in [1.82, 2.24) is 0 Å². The molecule has 0 aliphatic rings. The largest absolute Gasteiger partial charge is 0.396 e. The van der Waals surface area contributed by atoms with Crippen LogP contribution in [0.25, 0.3) is 0 Å². The van der Waals surface area contributed by atoms with E-state index in [9.17, 15) is 9.59 Å². The summed E-state index contributed by atoms with van der Waals surface area (Å²) in [5.41, 5.74) is 11.9. The van der Waals surface area contributed by atoms with Crippen molar-refractivity contribution in [3.05, 3.63) is 52.0 Å². The number of thioether (sulfide) groups is 1. The molecule has 8 heteroatoms. The van der Waals surface area contributed by atoms with Crippen LogP contribution < -0.4 is 16.8 Å². The number of benzene rings is 2. The normalized spacial score (nSPS) is 10.3. The lowest BCUT2D eigenvalue weighted by Crippen LogP contribution is -2.15. The molecule has 0 saturated heterocycles. The van der Waals surface area contributed by atoms with Crippen LogP contribution in [-0.2, 0) is 4.79 Å². The van der Waals surface area contributed by atoms with Crippen LogP contribution in [0.15, 0.2) is 41.3 Å². The first-order chi connectivity index (χ1) is 10.9. The van der Waals surface area contributed by atoms with E-state index in [1.54, 1.807) is 24.3 Å². The Bertz CT molecular complexity index is 745. The molecule has 0 aliphatic heterocycles. The predicted molar refractivity (Wildman–Crippen MR) is 95.2 cm³/mol. The molecule has 0 aromatic heterocycles. The van der Waals surface area contributed by atoms with Gasteiger partial charge in [0.1, 0.15) is 0 Å². The molecule has 5 N–H and O–H groups in total. The summed E-state index contributed by atoms with van der Waals surface area (Å²) >= 11 is 13.1. The molecule has 0 unspecified atom stereocenters. The minimum absolute atomic E-state index is 0.0871. The molecule has 5 nitrogen and oxygen atoms in total. The Morgan fingerprint density at radius 3 is 2.35 bits per heavy atom. The summed E-state index contributed by atoms with van der Waals surface area (Å²) in [5, 5.41) is 3.21. The van der Waals surface area contributed by atoms with Gasteiger partial charge in [-0.1, -0.05) is 35.3 Å². The maximum Gasteiger partial charge on any atom is 0.256 e. The lowest BCUT2D eigenvalue weighted by atomic mass is 10.2. The molecule has 0 radical (unpaired) electrons. The zero-order valence-electron chi connectivity index (χ0n) is 11.8. The highest BCUT2D eigenvalue weighted by Gasteiger charge is 2.14. The number of primary amides is 1. The molecule has 0 saturated carbocycles. The van der Waals surface area contributed by atoms with Crippen molar-refractivity contribution in [3.63, 3.8) is 0 Å². The molecule has 2 amide bonds. The Balaban J connectivity index is 2.23. The fraction of sp³-hybridized carbons (Fsp3) is 0.0667. The number of amides is 2. The average Bonchev–Trinajstić information content (AvgIpc) is 2.50. The van der Waals surface area contributed by atoms with Crippen LogP contribution in [0.4, 0.5) is 11.4 Å². The molecule has 2 aromatic carbocycles. The number of halogens is 2. The number of nitrogens with one attached hydrogen (secondary N) is 1. The van der Waals surface area contributed by atoms with E-state index >= 15 is 0 Å². The summed E-state index contributed by atoms with van der Waals surface area (Å²) in [5.74, 6) is -0.721. The lowest BCUT2D eigenvalue weighted by molar-refractivity contribution is -0.115. The second-order valence-corrected chi connectivity index (χ2v) is 6.39. The Morgan fingerprint density at radius 1 is 1.13 bits per heavy atom. The summed E-state index contributed by atoms with van der Waals surface area (Å²) < 4.78 is 0. The summed E-state index contributed by atoms with van der Waals surface area (Å²) in [6, 6.07) is 9.92. The monoisotopic (exact) mass is 369 g/mol. The van der Waals surface area contributed by atoms with E-state index in [4.69, 9.17) is 34.7 Å². The highest BCUT2D eigenvalue weighted by molar-refractivity contribution is 8.00. The van der Waals surface area contributed by atoms with E-state index in [0.717, 1.165) is 0 Å². The third-order valence-corrected chi connectivity index (χ3v) is 4.56. The fourth-order valence-corrected chi connectivity index (χ4v) is 3.06. The molecule has 0 bridgehead atoms. The zero-order valence-corrected chi connectivity index (χ0v) is 14.1. The van der Waals surface area contributed by atoms with Crippen molar-refractivity contribution in [2.45, 2.75) is 4.90 Å². The summed E-state index contributed by atoms with van der Waals surface area (Å²) in [4.78, 5) is 24.0. The SMILES string of the molecule is NC(=O)CSc1ccccc1C(=O)Nc1cc(Cl)c(N)c(Cl)c1. The molecule has 2 rings (SSSR count). The van der Waals surface area contributed by atoms with Gasteiger partial charge in [-0.25, -0.2) is 0 Å². The first-order valence-electron chi connectivity index (χ1n) is 6.44. The van der Waals surface area contributed by atoms with E-state index in [1.807, 2.05) is 0 Å². The third kappa shape index (κ3) is 4.54. The van der Waals surface area contributed by atoms with Gasteiger partial charge in [-0.15, -0.1) is 11.8 Å². The van der Waals surface area contributed by atoms with E-state index < -0.39 is 5.91 Å². The number of carbonyl (C=O) groups excluding carboxylic acids is 2. The first kappa shape index (κ1) is 17.5. The lowest BCUT2D eigenvalue weighted by Gasteiger charge is -2.11. The van der Waals surface area contributed by atoms with E-state index in [2.05, 4.69) is 5.32 Å². The number of hydrogen-bond donors (Lipinski definition) is 3. The van der Waals surface area contributed by atoms with Gasteiger partial charge >= 0.3 is 0 Å². The maximum absolute atomic E-state index is 12.4. The van der Waals surface area contributed by atoms with Crippen molar-refractivity contribution in [3.8, 4) is 0 Å². The van der Waals surface area contributed by atoms with E-state index in [0.29, 0.717) is 16.1 Å². The van der Waals surface area contributed by atoms with Crippen LogP contribution in [0.1, 0.15) is 10.4 Å². The number of nitrogens with two attached hydrogens (primary N) is 2. The van der Waals surface area contributed by atoms with Crippen molar-refractivity contribution >= 4 is 58.2 Å². The molecule has 0 fully saturated rings. The van der Waals surface area contributed by atoms with Crippen molar-refractivity contribution in [2.75, 3.05) is 16.8 Å². The number of anilines is 2. The van der Waals surface area contributed by atoms with Crippen LogP contribution in [0.2, 0.25) is 10.0 Å². The van der Waals surface area contributed by atoms with Crippen LogP contribution in [-0.4, -0.2) is 17.6 Å². The summed E-state index contributed by atoms with van der Waals surface area (Å²) in [6.07, 6.45) is 0. The molecule has 0 heterocycles. The summed E-state index contributed by atoms with van der Waals surface area (Å²) in [6.45, 7) is 0. The molecule has 0 aliphatic carbocycles. The molecule has 0 spiro atoms. The van der Waals surface area contributed by atoms with Gasteiger partial charge in [0.05, 0.1) is 27.0 Å². The van der Waals surface area contributed by atoms with Crippen LogP contribution in [0.3, 0.4) is 0 Å². The first-order valence-corrected chi connectivity index (χ1v) is 8.18.